The molecule has 2 aromatic rings. The van der Waals surface area contributed by atoms with Gasteiger partial charge in [0, 0.05) is 10.6 Å². The van der Waals surface area contributed by atoms with Crippen LogP contribution in [0, 0.1) is 0 Å². The van der Waals surface area contributed by atoms with Gasteiger partial charge in [-0.3, -0.25) is 14.5 Å². The zero-order chi connectivity index (χ0) is 20.6. The molecule has 4 amide bonds. The number of imide groups is 1. The second-order valence-electron chi connectivity index (χ2n) is 7.64. The van der Waals surface area contributed by atoms with Gasteiger partial charge in [0.25, 0.3) is 5.91 Å². The van der Waals surface area contributed by atoms with Crippen LogP contribution in [-0.2, 0) is 21.5 Å². The molecule has 150 valence electrons. The Kier molecular flexibility index (Phi) is 5.04. The monoisotopic (exact) mass is 411 g/mol. The quantitative estimate of drug-likeness (QED) is 0.757. The Bertz CT molecular complexity index is 993. The number of halogens is 1. The van der Waals surface area contributed by atoms with Crippen molar-refractivity contribution in [2.75, 3.05) is 6.54 Å². The van der Waals surface area contributed by atoms with E-state index < -0.39 is 17.5 Å². The van der Waals surface area contributed by atoms with Gasteiger partial charge in [-0.1, -0.05) is 54.1 Å². The Hall–Kier alpha value is -2.86. The first-order chi connectivity index (χ1) is 13.9. The molecule has 0 aromatic heterocycles. The third-order valence-corrected chi connectivity index (χ3v) is 6.02. The molecule has 1 fully saturated rings. The van der Waals surface area contributed by atoms with Crippen LogP contribution in [0.15, 0.2) is 48.5 Å². The summed E-state index contributed by atoms with van der Waals surface area (Å²) < 4.78 is 0. The van der Waals surface area contributed by atoms with E-state index in [1.807, 2.05) is 18.2 Å². The third-order valence-electron chi connectivity index (χ3n) is 5.69. The minimum atomic E-state index is -1.30. The summed E-state index contributed by atoms with van der Waals surface area (Å²) in [4.78, 5) is 39.1. The van der Waals surface area contributed by atoms with Gasteiger partial charge in [0.1, 0.15) is 12.1 Å². The normalized spacial score (nSPS) is 23.5. The molecule has 2 aromatic carbocycles. The standard InChI is InChI=1S/C22H22ClN3O3/c1-22(16-10-4-5-11-17(16)23)20(28)26(21(29)25-22)13-19(27)24-18-12-6-8-14-7-2-3-9-15(14)18/h2-5,7,9-11,18H,6,8,12-13H2,1H3,(H,24,27)(H,25,29)/t18-,22+/m1/s1. The lowest BCUT2D eigenvalue weighted by atomic mass is 9.88. The number of fused-ring (bicyclic) bond motifs is 1. The first kappa shape index (κ1) is 19.5. The summed E-state index contributed by atoms with van der Waals surface area (Å²) in [6.45, 7) is 1.27. The lowest BCUT2D eigenvalue weighted by Crippen LogP contribution is -2.44. The van der Waals surface area contributed by atoms with Crippen molar-refractivity contribution in [1.82, 2.24) is 15.5 Å². The minimum absolute atomic E-state index is 0.108. The van der Waals surface area contributed by atoms with Gasteiger partial charge in [-0.05, 0) is 43.4 Å². The number of aryl methyl sites for hydroxylation is 1. The Balaban J connectivity index is 1.49. The molecule has 2 N–H and O–H groups in total. The number of benzene rings is 2. The van der Waals surface area contributed by atoms with E-state index in [1.54, 1.807) is 31.2 Å². The molecule has 7 heteroatoms. The van der Waals surface area contributed by atoms with Crippen LogP contribution in [0.2, 0.25) is 5.02 Å². The second-order valence-corrected chi connectivity index (χ2v) is 8.04. The van der Waals surface area contributed by atoms with Crippen LogP contribution in [0.4, 0.5) is 4.79 Å². The maximum atomic E-state index is 13.0. The molecule has 4 rings (SSSR count). The van der Waals surface area contributed by atoms with Gasteiger partial charge in [-0.2, -0.15) is 0 Å². The van der Waals surface area contributed by atoms with Gasteiger partial charge in [0.2, 0.25) is 5.91 Å². The topological polar surface area (TPSA) is 78.5 Å². The number of carbonyl (C=O) groups excluding carboxylic acids is 3. The molecule has 0 unspecified atom stereocenters. The number of nitrogens with zero attached hydrogens (tertiary/aromatic N) is 1. The fraction of sp³-hybridized carbons (Fsp3) is 0.318. The molecule has 1 aliphatic carbocycles. The summed E-state index contributed by atoms with van der Waals surface area (Å²) in [5, 5.41) is 6.05. The lowest BCUT2D eigenvalue weighted by Gasteiger charge is -2.27. The van der Waals surface area contributed by atoms with Gasteiger partial charge in [0.15, 0.2) is 0 Å². The van der Waals surface area contributed by atoms with Gasteiger partial charge in [-0.15, -0.1) is 0 Å². The van der Waals surface area contributed by atoms with E-state index in [2.05, 4.69) is 16.7 Å². The van der Waals surface area contributed by atoms with Crippen LogP contribution in [0.3, 0.4) is 0 Å². The molecule has 6 nitrogen and oxygen atoms in total. The van der Waals surface area contributed by atoms with Gasteiger partial charge < -0.3 is 10.6 Å². The molecule has 2 atom stereocenters. The van der Waals surface area contributed by atoms with Crippen molar-refractivity contribution in [1.29, 1.82) is 0 Å². The molecule has 2 aliphatic rings. The smallest absolute Gasteiger partial charge is 0.325 e. The van der Waals surface area contributed by atoms with Crippen LogP contribution in [0.1, 0.15) is 42.5 Å². The molecule has 29 heavy (non-hydrogen) atoms. The SMILES string of the molecule is C[C@@]1(c2ccccc2Cl)NC(=O)N(CC(=O)N[C@@H]2CCCc3ccccc32)C1=O. The van der Waals surface area contributed by atoms with Crippen LogP contribution < -0.4 is 10.6 Å². The Morgan fingerprint density at radius 2 is 1.93 bits per heavy atom. The summed E-state index contributed by atoms with van der Waals surface area (Å²) in [5.41, 5.74) is 1.53. The van der Waals surface area contributed by atoms with Crippen molar-refractivity contribution in [3.05, 3.63) is 70.2 Å². The van der Waals surface area contributed by atoms with Crippen LogP contribution in [-0.4, -0.2) is 29.3 Å². The zero-order valence-corrected chi connectivity index (χ0v) is 16.8. The zero-order valence-electron chi connectivity index (χ0n) is 16.1. The van der Waals surface area contributed by atoms with E-state index >= 15 is 0 Å². The van der Waals surface area contributed by atoms with Gasteiger partial charge in [-0.25, -0.2) is 4.79 Å². The summed E-state index contributed by atoms with van der Waals surface area (Å²) in [6.07, 6.45) is 2.81. The first-order valence-electron chi connectivity index (χ1n) is 9.66. The largest absolute Gasteiger partial charge is 0.348 e. The van der Waals surface area contributed by atoms with E-state index in [4.69, 9.17) is 11.6 Å². The van der Waals surface area contributed by atoms with Gasteiger partial charge in [0.05, 0.1) is 6.04 Å². The van der Waals surface area contributed by atoms with Crippen molar-refractivity contribution in [2.24, 2.45) is 0 Å². The third kappa shape index (κ3) is 3.49. The number of hydrogen-bond donors (Lipinski definition) is 2. The summed E-state index contributed by atoms with van der Waals surface area (Å²) in [7, 11) is 0. The van der Waals surface area contributed by atoms with Crippen molar-refractivity contribution in [3.8, 4) is 0 Å². The Morgan fingerprint density at radius 1 is 1.21 bits per heavy atom. The molecule has 0 bridgehead atoms. The molecular formula is C22H22ClN3O3. The highest BCUT2D eigenvalue weighted by atomic mass is 35.5. The Morgan fingerprint density at radius 3 is 2.72 bits per heavy atom. The van der Waals surface area contributed by atoms with E-state index in [0.717, 1.165) is 29.7 Å². The van der Waals surface area contributed by atoms with E-state index in [1.165, 1.54) is 5.56 Å². The predicted molar refractivity (Wildman–Crippen MR) is 109 cm³/mol. The fourth-order valence-electron chi connectivity index (χ4n) is 4.18. The van der Waals surface area contributed by atoms with Crippen molar-refractivity contribution in [3.63, 3.8) is 0 Å². The predicted octanol–water partition coefficient (Wildman–Crippen LogP) is 3.30. The van der Waals surface area contributed by atoms with Crippen molar-refractivity contribution in [2.45, 2.75) is 37.8 Å². The summed E-state index contributed by atoms with van der Waals surface area (Å²) in [6, 6.07) is 14.2. The number of rotatable bonds is 4. The van der Waals surface area contributed by atoms with E-state index in [9.17, 15) is 14.4 Å². The highest BCUT2D eigenvalue weighted by molar-refractivity contribution is 6.32. The highest BCUT2D eigenvalue weighted by Gasteiger charge is 2.50. The van der Waals surface area contributed by atoms with Gasteiger partial charge >= 0.3 is 6.03 Å². The summed E-state index contributed by atoms with van der Waals surface area (Å²) in [5.74, 6) is -0.853. The number of urea groups is 1. The van der Waals surface area contributed by atoms with Crippen LogP contribution in [0.5, 0.6) is 0 Å². The number of hydrogen-bond acceptors (Lipinski definition) is 3. The minimum Gasteiger partial charge on any atom is -0.348 e. The molecule has 0 spiro atoms. The molecular weight excluding hydrogens is 390 g/mol. The fourth-order valence-corrected chi connectivity index (χ4v) is 4.50. The van der Waals surface area contributed by atoms with E-state index in [0.29, 0.717) is 10.6 Å². The van der Waals surface area contributed by atoms with Crippen molar-refractivity contribution >= 4 is 29.4 Å². The maximum Gasteiger partial charge on any atom is 0.325 e. The number of carbonyl (C=O) groups is 3. The summed E-state index contributed by atoms with van der Waals surface area (Å²) >= 11 is 6.24. The average molecular weight is 412 g/mol. The first-order valence-corrected chi connectivity index (χ1v) is 10.0. The Labute approximate surface area is 174 Å². The number of nitrogens with one attached hydrogen (secondary N) is 2. The molecule has 1 saturated heterocycles. The number of amides is 4. The molecule has 1 heterocycles. The molecule has 0 radical (unpaired) electrons. The van der Waals surface area contributed by atoms with Crippen LogP contribution >= 0.6 is 11.6 Å². The van der Waals surface area contributed by atoms with Crippen molar-refractivity contribution < 1.29 is 14.4 Å². The lowest BCUT2D eigenvalue weighted by molar-refractivity contribution is -0.135. The average Bonchev–Trinajstić information content (AvgIpc) is 2.92. The second kappa shape index (κ2) is 7.52. The van der Waals surface area contributed by atoms with Crippen LogP contribution in [0.25, 0.3) is 0 Å². The molecule has 1 aliphatic heterocycles. The highest BCUT2D eigenvalue weighted by Crippen LogP contribution is 2.33. The molecule has 0 saturated carbocycles. The maximum absolute atomic E-state index is 13.0. The van der Waals surface area contributed by atoms with E-state index in [-0.39, 0.29) is 18.5 Å².